The number of aromatic hydroxyl groups is 1. The van der Waals surface area contributed by atoms with Gasteiger partial charge < -0.3 is 9.84 Å². The van der Waals surface area contributed by atoms with Crippen LogP contribution in [0.4, 0.5) is 5.82 Å². The Morgan fingerprint density at radius 2 is 1.62 bits per heavy atom. The number of phenolic OH excluding ortho intramolecular Hbond substituents is 1. The van der Waals surface area contributed by atoms with E-state index in [4.69, 9.17) is 9.72 Å². The summed E-state index contributed by atoms with van der Waals surface area (Å²) in [5, 5.41) is 14.5. The Morgan fingerprint density at radius 3 is 2.31 bits per heavy atom. The molecule has 160 valence electrons. The number of hydrazone groups is 1. The molecule has 0 bridgehead atoms. The van der Waals surface area contributed by atoms with E-state index in [1.165, 1.54) is 0 Å². The first kappa shape index (κ1) is 21.1. The molecule has 4 rings (SSSR count). The number of hydrogen-bond acceptors (Lipinski definition) is 6. The molecule has 6 nitrogen and oxygen atoms in total. The molecule has 0 spiro atoms. The van der Waals surface area contributed by atoms with Crippen LogP contribution in [0, 0.1) is 0 Å². The average molecular weight is 425 g/mol. The van der Waals surface area contributed by atoms with Gasteiger partial charge in [-0.25, -0.2) is 9.97 Å². The fraction of sp³-hybridized carbons (Fsp3) is 0.115. The van der Waals surface area contributed by atoms with Crippen LogP contribution in [0.3, 0.4) is 0 Å². The SMILES string of the molecule is CCCOc1ccc(C=NNc2cc(-c3ccccc3)nc(-c3ccccc3)n2)c(O)c1. The molecule has 1 heterocycles. The van der Waals surface area contributed by atoms with E-state index in [0.717, 1.165) is 23.2 Å². The molecular formula is C26H24N4O2. The van der Waals surface area contributed by atoms with E-state index >= 15 is 0 Å². The minimum absolute atomic E-state index is 0.0989. The van der Waals surface area contributed by atoms with Crippen LogP contribution in [0.25, 0.3) is 22.6 Å². The van der Waals surface area contributed by atoms with Crippen LogP contribution in [0.1, 0.15) is 18.9 Å². The quantitative estimate of drug-likeness (QED) is 0.278. The standard InChI is InChI=1S/C26H24N4O2/c1-2-15-32-22-14-13-21(24(31)16-22)18-27-30-25-17-23(19-9-5-3-6-10-19)28-26(29-25)20-11-7-4-8-12-20/h3-14,16-18,31H,2,15H2,1H3,(H,28,29,30). The summed E-state index contributed by atoms with van der Waals surface area (Å²) in [5.74, 6) is 1.88. The molecule has 0 atom stereocenters. The second kappa shape index (κ2) is 10.2. The van der Waals surface area contributed by atoms with E-state index < -0.39 is 0 Å². The molecule has 0 aliphatic rings. The Bertz CT molecular complexity index is 1140. The second-order valence-electron chi connectivity index (χ2n) is 7.13. The number of nitrogens with zero attached hydrogens (tertiary/aromatic N) is 3. The molecule has 0 saturated heterocycles. The van der Waals surface area contributed by atoms with Gasteiger partial charge >= 0.3 is 0 Å². The fourth-order valence-corrected chi connectivity index (χ4v) is 3.09. The smallest absolute Gasteiger partial charge is 0.162 e. The average Bonchev–Trinajstić information content (AvgIpc) is 2.85. The molecule has 3 aromatic carbocycles. The summed E-state index contributed by atoms with van der Waals surface area (Å²) < 4.78 is 5.54. The summed E-state index contributed by atoms with van der Waals surface area (Å²) in [6, 6.07) is 26.7. The van der Waals surface area contributed by atoms with E-state index in [1.807, 2.05) is 79.7 Å². The summed E-state index contributed by atoms with van der Waals surface area (Å²) in [5.41, 5.74) is 6.23. The van der Waals surface area contributed by atoms with Gasteiger partial charge in [0.2, 0.25) is 0 Å². The van der Waals surface area contributed by atoms with Crippen molar-refractivity contribution in [2.24, 2.45) is 5.10 Å². The lowest BCUT2D eigenvalue weighted by Crippen LogP contribution is -1.99. The van der Waals surface area contributed by atoms with Crippen molar-refractivity contribution in [3.63, 3.8) is 0 Å². The van der Waals surface area contributed by atoms with E-state index in [9.17, 15) is 5.11 Å². The van der Waals surface area contributed by atoms with Crippen LogP contribution in [0.5, 0.6) is 11.5 Å². The van der Waals surface area contributed by atoms with Crippen molar-refractivity contribution in [2.45, 2.75) is 13.3 Å². The fourth-order valence-electron chi connectivity index (χ4n) is 3.09. The van der Waals surface area contributed by atoms with Gasteiger partial charge in [-0.1, -0.05) is 67.6 Å². The van der Waals surface area contributed by atoms with Crippen molar-refractivity contribution >= 4 is 12.0 Å². The predicted octanol–water partition coefficient (Wildman–Crippen LogP) is 5.75. The van der Waals surface area contributed by atoms with Crippen LogP contribution >= 0.6 is 0 Å². The summed E-state index contributed by atoms with van der Waals surface area (Å²) in [4.78, 5) is 9.34. The number of benzene rings is 3. The highest BCUT2D eigenvalue weighted by molar-refractivity contribution is 5.84. The van der Waals surface area contributed by atoms with Gasteiger partial charge in [0, 0.05) is 28.8 Å². The molecule has 6 heteroatoms. The number of rotatable bonds is 8. The highest BCUT2D eigenvalue weighted by Gasteiger charge is 2.08. The van der Waals surface area contributed by atoms with Crippen molar-refractivity contribution in [1.82, 2.24) is 9.97 Å². The monoisotopic (exact) mass is 424 g/mol. The number of anilines is 1. The lowest BCUT2D eigenvalue weighted by Gasteiger charge is -2.09. The zero-order chi connectivity index (χ0) is 22.2. The van der Waals surface area contributed by atoms with E-state index in [2.05, 4.69) is 15.5 Å². The maximum Gasteiger partial charge on any atom is 0.162 e. The van der Waals surface area contributed by atoms with Crippen molar-refractivity contribution in [3.8, 4) is 34.1 Å². The molecule has 0 aliphatic carbocycles. The van der Waals surface area contributed by atoms with Gasteiger partial charge in [0.25, 0.3) is 0 Å². The van der Waals surface area contributed by atoms with Crippen LogP contribution in [0.15, 0.2) is 90.0 Å². The molecule has 0 unspecified atom stereocenters. The molecule has 0 radical (unpaired) electrons. The topological polar surface area (TPSA) is 79.6 Å². The van der Waals surface area contributed by atoms with Gasteiger partial charge in [-0.15, -0.1) is 0 Å². The van der Waals surface area contributed by atoms with Crippen LogP contribution in [0.2, 0.25) is 0 Å². The molecular weight excluding hydrogens is 400 g/mol. The minimum atomic E-state index is 0.0989. The van der Waals surface area contributed by atoms with Crippen molar-refractivity contribution in [2.75, 3.05) is 12.0 Å². The Kier molecular flexibility index (Phi) is 6.72. The van der Waals surface area contributed by atoms with E-state index in [-0.39, 0.29) is 5.75 Å². The van der Waals surface area contributed by atoms with Crippen molar-refractivity contribution < 1.29 is 9.84 Å². The molecule has 4 aromatic rings. The van der Waals surface area contributed by atoms with Gasteiger partial charge in [0.15, 0.2) is 11.6 Å². The number of hydrogen-bond donors (Lipinski definition) is 2. The molecule has 32 heavy (non-hydrogen) atoms. The molecule has 0 amide bonds. The lowest BCUT2D eigenvalue weighted by molar-refractivity contribution is 0.315. The largest absolute Gasteiger partial charge is 0.507 e. The van der Waals surface area contributed by atoms with Crippen molar-refractivity contribution in [3.05, 3.63) is 90.5 Å². The third kappa shape index (κ3) is 5.29. The maximum atomic E-state index is 10.2. The van der Waals surface area contributed by atoms with Gasteiger partial charge in [-0.05, 0) is 18.6 Å². The first-order valence-electron chi connectivity index (χ1n) is 10.5. The normalized spacial score (nSPS) is 10.9. The predicted molar refractivity (Wildman–Crippen MR) is 128 cm³/mol. The van der Waals surface area contributed by atoms with E-state index in [0.29, 0.717) is 29.6 Å². The van der Waals surface area contributed by atoms with Gasteiger partial charge in [0.05, 0.1) is 18.5 Å². The Morgan fingerprint density at radius 1 is 0.906 bits per heavy atom. The molecule has 0 fully saturated rings. The van der Waals surface area contributed by atoms with E-state index in [1.54, 1.807) is 18.3 Å². The van der Waals surface area contributed by atoms with Crippen LogP contribution < -0.4 is 10.2 Å². The highest BCUT2D eigenvalue weighted by Crippen LogP contribution is 2.25. The molecule has 2 N–H and O–H groups in total. The minimum Gasteiger partial charge on any atom is -0.507 e. The van der Waals surface area contributed by atoms with Gasteiger partial charge in [0.1, 0.15) is 11.5 Å². The van der Waals surface area contributed by atoms with Gasteiger partial charge in [-0.2, -0.15) is 5.10 Å². The summed E-state index contributed by atoms with van der Waals surface area (Å²) in [6.45, 7) is 2.64. The zero-order valence-corrected chi connectivity index (χ0v) is 17.8. The van der Waals surface area contributed by atoms with Crippen LogP contribution in [-0.4, -0.2) is 27.9 Å². The molecule has 0 saturated carbocycles. The number of ether oxygens (including phenoxy) is 1. The maximum absolute atomic E-state index is 10.2. The van der Waals surface area contributed by atoms with Crippen molar-refractivity contribution in [1.29, 1.82) is 0 Å². The Labute approximate surface area is 187 Å². The highest BCUT2D eigenvalue weighted by atomic mass is 16.5. The van der Waals surface area contributed by atoms with Crippen LogP contribution in [-0.2, 0) is 0 Å². The lowest BCUT2D eigenvalue weighted by atomic mass is 10.1. The summed E-state index contributed by atoms with van der Waals surface area (Å²) in [6.07, 6.45) is 2.45. The zero-order valence-electron chi connectivity index (χ0n) is 17.8. The number of aromatic nitrogens is 2. The first-order chi connectivity index (χ1) is 15.7. The number of nitrogens with one attached hydrogen (secondary N) is 1. The summed E-state index contributed by atoms with van der Waals surface area (Å²) >= 11 is 0. The first-order valence-corrected chi connectivity index (χ1v) is 10.5. The molecule has 0 aliphatic heterocycles. The number of phenols is 1. The third-order valence-electron chi connectivity index (χ3n) is 4.69. The third-order valence-corrected chi connectivity index (χ3v) is 4.69. The second-order valence-corrected chi connectivity index (χ2v) is 7.13. The summed E-state index contributed by atoms with van der Waals surface area (Å²) in [7, 11) is 0. The Hall–Kier alpha value is -4.19. The molecule has 1 aromatic heterocycles. The Balaban J connectivity index is 1.59. The van der Waals surface area contributed by atoms with Gasteiger partial charge in [-0.3, -0.25) is 5.43 Å².